The number of amides is 1. The molecule has 7 aliphatic rings. The first kappa shape index (κ1) is 110. The Balaban J connectivity index is 0.000000185. The van der Waals surface area contributed by atoms with Gasteiger partial charge in [0.25, 0.3) is 0 Å². The molecule has 0 atom stereocenters. The summed E-state index contributed by atoms with van der Waals surface area (Å²) in [4.78, 5) is 131. The highest BCUT2D eigenvalue weighted by Crippen LogP contribution is 2.52. The topological polar surface area (TPSA) is 387 Å². The number of alkyl carbamates (subject to hydrolysis) is 1. The fourth-order valence-electron chi connectivity index (χ4n) is 13.5. The van der Waals surface area contributed by atoms with Gasteiger partial charge in [-0.3, -0.25) is 24.0 Å². The van der Waals surface area contributed by atoms with Gasteiger partial charge in [-0.05, 0) is 299 Å². The maximum Gasteiger partial charge on any atom is 0.408 e. The van der Waals surface area contributed by atoms with Gasteiger partial charge in [0, 0.05) is 35.6 Å². The number of ether oxygens (including phenoxy) is 4. The Kier molecular flexibility index (Phi) is 38.4. The summed E-state index contributed by atoms with van der Waals surface area (Å²) in [5.41, 5.74) is 12.6. The Morgan fingerprint density at radius 1 is 0.518 bits per heavy atom. The predicted molar refractivity (Wildman–Crippen MR) is 537 cm³/mol. The van der Waals surface area contributed by atoms with Crippen LogP contribution in [0.15, 0.2) is 88.0 Å². The van der Waals surface area contributed by atoms with Crippen LogP contribution in [-0.2, 0) is 38.9 Å². The number of nitrogens with one attached hydrogen (secondary N) is 6. The first-order chi connectivity index (χ1) is 64.2. The first-order valence-corrected chi connectivity index (χ1v) is 48.5. The zero-order valence-corrected chi connectivity index (χ0v) is 86.6. The van der Waals surface area contributed by atoms with Crippen LogP contribution < -0.4 is 32.3 Å². The number of aromatic nitrogens is 11. The summed E-state index contributed by atoms with van der Waals surface area (Å²) in [5.74, 6) is -0.694. The summed E-state index contributed by atoms with van der Waals surface area (Å²) < 4.78 is 91.1. The number of benzene rings is 5. The number of aryl methyl sites for hydroxylation is 5. The van der Waals surface area contributed by atoms with Gasteiger partial charge in [-0.2, -0.15) is 0 Å². The fourth-order valence-corrected chi connectivity index (χ4v) is 14.8. The van der Waals surface area contributed by atoms with E-state index < -0.39 is 51.7 Å². The van der Waals surface area contributed by atoms with Crippen molar-refractivity contribution in [1.29, 1.82) is 0 Å². The van der Waals surface area contributed by atoms with E-state index in [0.717, 1.165) is 79.5 Å². The number of anilines is 4. The number of H-pyrrole nitrogens is 1. The zero-order chi connectivity index (χ0) is 99.9. The third-order valence-electron chi connectivity index (χ3n) is 21.4. The molecular weight excluding hydrogens is 2010 g/mol. The third kappa shape index (κ3) is 31.2. The van der Waals surface area contributed by atoms with Gasteiger partial charge in [0.1, 0.15) is 103 Å². The third-order valence-corrected chi connectivity index (χ3v) is 23.7. The lowest BCUT2D eigenvalue weighted by molar-refractivity contribution is -0.158. The van der Waals surface area contributed by atoms with Crippen molar-refractivity contribution in [3.05, 3.63) is 173 Å². The molecule has 28 nitrogen and oxygen atoms in total. The van der Waals surface area contributed by atoms with Gasteiger partial charge in [-0.15, -0.1) is 12.4 Å². The van der Waals surface area contributed by atoms with Crippen LogP contribution in [0.1, 0.15) is 258 Å². The number of esters is 2. The van der Waals surface area contributed by atoms with Crippen molar-refractivity contribution >= 4 is 191 Å². The van der Waals surface area contributed by atoms with Crippen LogP contribution in [-0.4, -0.2) is 156 Å². The van der Waals surface area contributed by atoms with E-state index in [-0.39, 0.29) is 100 Å². The second-order valence-electron chi connectivity index (χ2n) is 36.1. The molecule has 18 rings (SSSR count). The van der Waals surface area contributed by atoms with E-state index in [1.165, 1.54) is 69.9 Å². The minimum atomic E-state index is -0.843. The van der Waals surface area contributed by atoms with Crippen molar-refractivity contribution in [2.24, 2.45) is 11.1 Å². The van der Waals surface area contributed by atoms with Gasteiger partial charge in [-0.25, -0.2) is 81.4 Å². The minimum absolute atomic E-state index is 0. The molecule has 7 saturated carbocycles. The van der Waals surface area contributed by atoms with Crippen LogP contribution >= 0.6 is 71.8 Å². The maximum absolute atomic E-state index is 15.4. The van der Waals surface area contributed by atoms with Crippen LogP contribution in [0.4, 0.5) is 50.0 Å². The quantitative estimate of drug-likeness (QED) is 0.00595. The number of Topliss-reactive ketones (excluding diaryl/α,β-unsaturated/α-hetero) is 4. The molecule has 0 unspecified atom stereocenters. The number of ketones is 4. The molecule has 0 saturated heterocycles. The van der Waals surface area contributed by atoms with Gasteiger partial charge in [0.2, 0.25) is 0 Å². The van der Waals surface area contributed by atoms with Gasteiger partial charge in [-0.1, -0.05) is 48.0 Å². The van der Waals surface area contributed by atoms with E-state index >= 15 is 4.39 Å². The van der Waals surface area contributed by atoms with Gasteiger partial charge in [0.15, 0.2) is 16.7 Å². The molecule has 0 spiro atoms. The summed E-state index contributed by atoms with van der Waals surface area (Å²) in [6.45, 7) is 36.6. The number of aromatic amines is 1. The normalized spacial score (nSPS) is 14.9. The number of fused-ring (bicyclic) bond motifs is 5. The molecule has 0 aliphatic heterocycles. The number of nitrogens with two attached hydrogens (primary N) is 1. The molecule has 736 valence electrons. The van der Waals surface area contributed by atoms with Crippen molar-refractivity contribution in [3.8, 4) is 11.3 Å². The van der Waals surface area contributed by atoms with Crippen molar-refractivity contribution in [3.63, 3.8) is 0 Å². The number of halogens is 10. The Labute approximate surface area is 829 Å². The Morgan fingerprint density at radius 2 is 0.891 bits per heavy atom. The number of carbonyl (C=O) groups excluding carboxylic acids is 7. The second kappa shape index (κ2) is 47.8. The predicted octanol–water partition coefficient (Wildman–Crippen LogP) is 23.5. The molecule has 7 fully saturated rings. The minimum Gasteiger partial charge on any atom is -0.499 e. The number of hydrogen-bond donors (Lipinski definition) is 7. The lowest BCUT2D eigenvalue weighted by Gasteiger charge is -2.23. The molecule has 11 aromatic rings. The zero-order valence-electron chi connectivity index (χ0n) is 80.2. The van der Waals surface area contributed by atoms with E-state index in [4.69, 9.17) is 41.3 Å². The number of carbonyl (C=O) groups is 7. The molecule has 6 heterocycles. The smallest absolute Gasteiger partial charge is 0.408 e. The summed E-state index contributed by atoms with van der Waals surface area (Å²) in [7, 11) is 0. The molecule has 0 bridgehead atoms. The molecule has 38 heteroatoms. The van der Waals surface area contributed by atoms with Crippen molar-refractivity contribution < 1.29 is 74.5 Å². The molecule has 7 aliphatic carbocycles. The molecule has 137 heavy (non-hydrogen) atoms. The molecule has 8 N–H and O–H groups in total. The van der Waals surface area contributed by atoms with Gasteiger partial charge in [0.05, 0.1) is 141 Å². The van der Waals surface area contributed by atoms with Gasteiger partial charge < -0.3 is 56.2 Å². The van der Waals surface area contributed by atoms with E-state index in [1.54, 1.807) is 91.8 Å². The fraction of sp³-hybridized carbons (Fsp3) is 0.465. The molecule has 6 aromatic heterocycles. The lowest BCUT2D eigenvalue weighted by atomic mass is 9.93. The van der Waals surface area contributed by atoms with Crippen molar-refractivity contribution in [2.75, 3.05) is 39.8 Å². The van der Waals surface area contributed by atoms with Crippen LogP contribution in [0, 0.1) is 69.1 Å². The summed E-state index contributed by atoms with van der Waals surface area (Å²) in [6, 6.07) is 18.4. The Hall–Kier alpha value is -10.7. The van der Waals surface area contributed by atoms with E-state index in [1.807, 2.05) is 55.4 Å². The summed E-state index contributed by atoms with van der Waals surface area (Å²) >= 11 is 15.2. The van der Waals surface area contributed by atoms with Crippen LogP contribution in [0.3, 0.4) is 0 Å². The monoisotopic (exact) mass is 2120 g/mol. The standard InChI is InChI=1S/C27H32FN5O4.C14H13BrFN3O.C14H14FN3O.C13H20O4.C12H11BrFN3.C9H5BrClFN2.C5H10O.C3H7N.C2H6.ClH/c1-6-36-24(34)16-13-19(31-22(16)27(11-12-27)33-25(35)37-26(3,4)5)20-17(28)9-10-18-21(20)32-23(14(2)29-18)30-15-7-8-15;1-7-14(18-8-2-3-8)19-13-10(17-7)5-4-9(16)12(13)11(20)6-15;1-7-14(17-9-3-4-9)18-13-11(16-7)6-5-10(15)12(13)8(2)19;1-9(14)7-10(15)13(5-6-13)8-11(16)17-12(2,3)4;1-6-12(16-7-2-3-7)17-11-9(15-6)5-4-8(14)10(11)13;1-4-9(11)14-8-6(13-4)3-2-5(12)7(8)10;1-4-6-5(2)3;4-3-1-2-3;1-2;/h9-10,13,15,31H,6-8,11-12H2,1-5H3,(H,30,32)(H,33,35);4-5,8H,2-3,6H2,1H3,(H,18,19);5-6,9H,3-4H2,1-2H3,(H,17,18);5-8H2,1-4H3;4-5,7H,2-3H2,1H3,(H,16,17);2-3H,1H3;2,4H2,1,3H3;3H,1-2,4H2;1-2H3;1H. The molecule has 0 radical (unpaired) electrons. The molecular formula is C99H119Br3Cl2F5N17O11. The summed E-state index contributed by atoms with van der Waals surface area (Å²) in [6.07, 6.45) is 13.4. The average Bonchev–Trinajstić information content (AvgIpc) is 1.57. The van der Waals surface area contributed by atoms with Crippen molar-refractivity contribution in [2.45, 2.75) is 274 Å². The lowest BCUT2D eigenvalue weighted by Crippen LogP contribution is -2.40. The molecule has 5 aromatic carbocycles. The maximum atomic E-state index is 15.4. The van der Waals surface area contributed by atoms with Crippen LogP contribution in [0.25, 0.3) is 66.4 Å². The number of allylic oxidation sites excluding steroid dienone is 1. The Morgan fingerprint density at radius 3 is 1.26 bits per heavy atom. The van der Waals surface area contributed by atoms with Crippen LogP contribution in [0.2, 0.25) is 5.15 Å². The number of nitrogens with zero attached hydrogens (tertiary/aromatic N) is 10. The highest BCUT2D eigenvalue weighted by Gasteiger charge is 2.52. The van der Waals surface area contributed by atoms with E-state index in [9.17, 15) is 51.1 Å². The second-order valence-corrected chi connectivity index (χ2v) is 38.6. The van der Waals surface area contributed by atoms with E-state index in [0.29, 0.717) is 160 Å². The SMILES string of the molecule is C=C(C)OCC.CC.CC(=O)CC(=O)C1(CC(=O)OC(C)(C)C)CC1.CC(=O)c1c(F)ccc2nc(C)c(NC3CC3)nc12.CCOC(=O)c1cc(-c2c(F)ccc3nc(C)c(NC4CC4)nc23)[nH]c1C1(NC(=O)OC(C)(C)C)CC1.Cc1nc2ccc(F)c(Br)c2nc1Cl.Cc1nc2ccc(F)c(Br)c2nc1NC1CC1.Cc1nc2ccc(F)c(C(=O)CBr)c2nc1NC1CC1.Cl.NC1CC1. The summed E-state index contributed by atoms with van der Waals surface area (Å²) in [5, 5.41) is 16.4. The average molecular weight is 2130 g/mol. The Bertz CT molecular complexity index is 6320. The number of hydrogen-bond acceptors (Lipinski definition) is 26. The first-order valence-electron chi connectivity index (χ1n) is 45.4. The van der Waals surface area contributed by atoms with Crippen LogP contribution in [0.5, 0.6) is 0 Å². The van der Waals surface area contributed by atoms with E-state index in [2.05, 4.69) is 131 Å². The van der Waals surface area contributed by atoms with Crippen molar-refractivity contribution in [1.82, 2.24) is 60.1 Å². The highest BCUT2D eigenvalue weighted by atomic mass is 79.9. The largest absolute Gasteiger partial charge is 0.499 e. The molecule has 1 amide bonds. The number of alkyl halides is 1. The highest BCUT2D eigenvalue weighted by molar-refractivity contribution is 9.11. The number of rotatable bonds is 23. The van der Waals surface area contributed by atoms with Gasteiger partial charge >= 0.3 is 18.0 Å².